The Kier molecular flexibility index (Phi) is 5.77. The molecule has 1 atom stereocenters. The van der Waals surface area contributed by atoms with E-state index in [-0.39, 0.29) is 30.7 Å². The first-order valence-electron chi connectivity index (χ1n) is 6.99. The van der Waals surface area contributed by atoms with Crippen LogP contribution >= 0.6 is 0 Å². The first-order chi connectivity index (χ1) is 10.3. The minimum absolute atomic E-state index is 0.000175. The van der Waals surface area contributed by atoms with Gasteiger partial charge in [0.2, 0.25) is 11.8 Å². The number of nitrogens with one attached hydrogen (secondary N) is 1. The second kappa shape index (κ2) is 7.14. The van der Waals surface area contributed by atoms with Crippen molar-refractivity contribution < 1.29 is 19.2 Å². The number of carbonyl (C=O) groups is 4. The molecule has 0 aliphatic carbocycles. The highest BCUT2D eigenvalue weighted by Crippen LogP contribution is 2.23. The summed E-state index contributed by atoms with van der Waals surface area (Å²) in [6.07, 6.45) is 0.167. The van der Waals surface area contributed by atoms with E-state index in [1.165, 1.54) is 12.1 Å². The zero-order valence-corrected chi connectivity index (χ0v) is 12.9. The maximum Gasteiger partial charge on any atom is 0.277 e. The van der Waals surface area contributed by atoms with Gasteiger partial charge < -0.3 is 5.73 Å². The Morgan fingerprint density at radius 3 is 2.32 bits per heavy atom. The van der Waals surface area contributed by atoms with Crippen LogP contribution in [0.5, 0.6) is 0 Å². The summed E-state index contributed by atoms with van der Waals surface area (Å²) < 4.78 is 0. The van der Waals surface area contributed by atoms with Gasteiger partial charge in [-0.05, 0) is 6.42 Å². The minimum atomic E-state index is -1.01. The van der Waals surface area contributed by atoms with Gasteiger partial charge in [0.25, 0.3) is 11.8 Å². The first kappa shape index (κ1) is 17.8. The number of piperidine rings is 1. The highest BCUT2D eigenvalue weighted by molar-refractivity contribution is 6.21. The van der Waals surface area contributed by atoms with Gasteiger partial charge in [-0.1, -0.05) is 13.8 Å². The third kappa shape index (κ3) is 3.31. The number of hydrogen-bond donors (Lipinski definition) is 3. The van der Waals surface area contributed by atoms with Crippen molar-refractivity contribution in [3.8, 4) is 0 Å². The van der Waals surface area contributed by atoms with Gasteiger partial charge in [0.1, 0.15) is 11.7 Å². The van der Waals surface area contributed by atoms with E-state index >= 15 is 0 Å². The number of rotatable bonds is 3. The summed E-state index contributed by atoms with van der Waals surface area (Å²) in [4.78, 5) is 47.9. The topological polar surface area (TPSA) is 139 Å². The molecule has 0 aromatic rings. The van der Waals surface area contributed by atoms with Crippen molar-refractivity contribution in [1.29, 1.82) is 0 Å². The SMILES string of the molecule is CC.CN(N)CC1=C(N)C(=O)N(C2CCC(=O)NC2=O)C1=O. The van der Waals surface area contributed by atoms with Crippen molar-refractivity contribution in [2.24, 2.45) is 11.6 Å². The summed E-state index contributed by atoms with van der Waals surface area (Å²) in [6.45, 7) is 4.00. The molecule has 2 aliphatic rings. The molecule has 0 bridgehead atoms. The van der Waals surface area contributed by atoms with E-state index in [0.717, 1.165) is 4.90 Å². The predicted molar refractivity (Wildman–Crippen MR) is 77.4 cm³/mol. The Morgan fingerprint density at radius 2 is 1.82 bits per heavy atom. The monoisotopic (exact) mass is 311 g/mol. The van der Waals surface area contributed by atoms with E-state index in [9.17, 15) is 19.2 Å². The van der Waals surface area contributed by atoms with Crippen LogP contribution in [0, 0.1) is 0 Å². The van der Waals surface area contributed by atoms with Crippen LogP contribution in [-0.2, 0) is 19.2 Å². The van der Waals surface area contributed by atoms with Crippen LogP contribution in [0.2, 0.25) is 0 Å². The summed E-state index contributed by atoms with van der Waals surface area (Å²) in [5, 5.41) is 3.31. The third-order valence-corrected chi connectivity index (χ3v) is 3.18. The average molecular weight is 311 g/mol. The number of nitrogens with zero attached hydrogens (tertiary/aromatic N) is 2. The summed E-state index contributed by atoms with van der Waals surface area (Å²) in [5.41, 5.74) is 5.47. The van der Waals surface area contributed by atoms with Gasteiger partial charge in [0.05, 0.1) is 5.57 Å². The standard InChI is InChI=1S/C11H15N5O4.C2H6/c1-15(13)4-5-8(12)11(20)16(10(5)19)6-2-3-7(17)14-9(6)18;1-2/h6H,2-4,12-13H2,1H3,(H,14,17,18);1-2H3. The molecule has 0 aromatic heterocycles. The largest absolute Gasteiger partial charge is 0.394 e. The number of hydrazine groups is 1. The van der Waals surface area contributed by atoms with Crippen molar-refractivity contribution in [3.05, 3.63) is 11.3 Å². The average Bonchev–Trinajstić information content (AvgIpc) is 2.66. The zero-order valence-electron chi connectivity index (χ0n) is 12.9. The smallest absolute Gasteiger partial charge is 0.277 e. The summed E-state index contributed by atoms with van der Waals surface area (Å²) in [6, 6.07) is -1.01. The second-order valence-electron chi connectivity index (χ2n) is 4.75. The molecule has 2 heterocycles. The predicted octanol–water partition coefficient (Wildman–Crippen LogP) is -1.80. The fraction of sp³-hybridized carbons (Fsp3) is 0.538. The summed E-state index contributed by atoms with van der Waals surface area (Å²) in [5.74, 6) is 3.00. The molecule has 0 saturated carbocycles. The lowest BCUT2D eigenvalue weighted by Crippen LogP contribution is -2.55. The molecule has 0 aromatic carbocycles. The van der Waals surface area contributed by atoms with Gasteiger partial charge in [-0.25, -0.2) is 5.01 Å². The molecule has 22 heavy (non-hydrogen) atoms. The molecule has 5 N–H and O–H groups in total. The van der Waals surface area contributed by atoms with Crippen molar-refractivity contribution >= 4 is 23.6 Å². The fourth-order valence-electron chi connectivity index (χ4n) is 2.23. The van der Waals surface area contributed by atoms with Crippen LogP contribution in [0.15, 0.2) is 11.3 Å². The van der Waals surface area contributed by atoms with Crippen molar-refractivity contribution in [2.45, 2.75) is 32.7 Å². The van der Waals surface area contributed by atoms with Crippen molar-refractivity contribution in [1.82, 2.24) is 15.2 Å². The van der Waals surface area contributed by atoms with Crippen LogP contribution in [-0.4, -0.2) is 53.2 Å². The molecule has 9 heteroatoms. The lowest BCUT2D eigenvalue weighted by molar-refractivity contribution is -0.150. The molecule has 0 radical (unpaired) electrons. The van der Waals surface area contributed by atoms with E-state index in [1.54, 1.807) is 0 Å². The Hall–Kier alpha value is -2.26. The number of hydrogen-bond acceptors (Lipinski definition) is 7. The van der Waals surface area contributed by atoms with Crippen LogP contribution < -0.4 is 16.9 Å². The maximum atomic E-state index is 12.2. The second-order valence-corrected chi connectivity index (χ2v) is 4.75. The number of nitrogens with two attached hydrogens (primary N) is 2. The Bertz CT molecular complexity index is 541. The quantitative estimate of drug-likeness (QED) is 0.317. The van der Waals surface area contributed by atoms with Gasteiger partial charge >= 0.3 is 0 Å². The van der Waals surface area contributed by atoms with Gasteiger partial charge in [-0.15, -0.1) is 0 Å². The van der Waals surface area contributed by atoms with Gasteiger partial charge in [-0.3, -0.25) is 35.2 Å². The van der Waals surface area contributed by atoms with Crippen LogP contribution in [0.25, 0.3) is 0 Å². The Morgan fingerprint density at radius 1 is 1.23 bits per heavy atom. The highest BCUT2D eigenvalue weighted by atomic mass is 16.2. The number of imide groups is 2. The molecular formula is C13H21N5O4. The van der Waals surface area contributed by atoms with Crippen LogP contribution in [0.4, 0.5) is 0 Å². The molecule has 4 amide bonds. The molecule has 122 valence electrons. The van der Waals surface area contributed by atoms with E-state index in [0.29, 0.717) is 0 Å². The number of carbonyl (C=O) groups excluding carboxylic acids is 4. The molecule has 0 spiro atoms. The Balaban J connectivity index is 0.00000116. The van der Waals surface area contributed by atoms with E-state index in [2.05, 4.69) is 5.32 Å². The van der Waals surface area contributed by atoms with Crippen molar-refractivity contribution in [3.63, 3.8) is 0 Å². The molecule has 2 rings (SSSR count). The Labute approximate surface area is 128 Å². The van der Waals surface area contributed by atoms with Crippen molar-refractivity contribution in [2.75, 3.05) is 13.6 Å². The third-order valence-electron chi connectivity index (χ3n) is 3.18. The van der Waals surface area contributed by atoms with Crippen LogP contribution in [0.3, 0.4) is 0 Å². The van der Waals surface area contributed by atoms with Gasteiger partial charge in [0, 0.05) is 20.0 Å². The van der Waals surface area contributed by atoms with E-state index in [4.69, 9.17) is 11.6 Å². The normalized spacial score (nSPS) is 22.0. The summed E-state index contributed by atoms with van der Waals surface area (Å²) in [7, 11) is 1.52. The highest BCUT2D eigenvalue weighted by Gasteiger charge is 2.45. The first-order valence-corrected chi connectivity index (χ1v) is 6.99. The molecule has 1 fully saturated rings. The minimum Gasteiger partial charge on any atom is -0.394 e. The molecule has 9 nitrogen and oxygen atoms in total. The number of likely N-dealkylation sites (N-methyl/N-ethyl adjacent to an activating group) is 1. The summed E-state index contributed by atoms with van der Waals surface area (Å²) >= 11 is 0. The maximum absolute atomic E-state index is 12.2. The molecular weight excluding hydrogens is 290 g/mol. The van der Waals surface area contributed by atoms with Crippen LogP contribution in [0.1, 0.15) is 26.7 Å². The van der Waals surface area contributed by atoms with Gasteiger partial charge in [0.15, 0.2) is 0 Å². The lowest BCUT2D eigenvalue weighted by atomic mass is 10.0. The fourth-order valence-corrected chi connectivity index (χ4v) is 2.23. The van der Waals surface area contributed by atoms with Gasteiger partial charge in [-0.2, -0.15) is 0 Å². The molecule has 2 aliphatic heterocycles. The zero-order chi connectivity index (χ0) is 17.0. The van der Waals surface area contributed by atoms with E-state index < -0.39 is 29.7 Å². The lowest BCUT2D eigenvalue weighted by Gasteiger charge is -2.28. The molecule has 1 unspecified atom stereocenters. The number of amides is 4. The molecule has 1 saturated heterocycles. The van der Waals surface area contributed by atoms with E-state index in [1.807, 2.05) is 13.8 Å².